The monoisotopic (exact) mass is 989 g/mol. The van der Waals surface area contributed by atoms with E-state index in [1.807, 2.05) is 37.3 Å². The molecule has 0 amide bonds. The Hall–Kier alpha value is -4.09. The zero-order chi connectivity index (χ0) is 51.0. The third-order valence-corrected chi connectivity index (χ3v) is 11.1. The van der Waals surface area contributed by atoms with Gasteiger partial charge >= 0.3 is 19.8 Å². The van der Waals surface area contributed by atoms with Crippen LogP contribution in [0.5, 0.6) is 0 Å². The number of carbonyl (C=O) groups excluding carboxylic acids is 2. The smallest absolute Gasteiger partial charge is 0.462 e. The van der Waals surface area contributed by atoms with Gasteiger partial charge < -0.3 is 50.1 Å². The third kappa shape index (κ3) is 33.2. The second-order valence-electron chi connectivity index (χ2n) is 16.2. The van der Waals surface area contributed by atoms with Crippen molar-refractivity contribution in [2.24, 2.45) is 0 Å². The summed E-state index contributed by atoms with van der Waals surface area (Å²) in [5, 5.41) is 70.3. The SMILES string of the molecule is CC/C=C\C/C=C\C/C=C\C/C=C\C/C=C\CCCCCC(=O)O[C@H](COC(=O)CCC/C=C\[C@H](O)/C=C/C=C\C/C=C\C=C\[C@H](O)C/C=C\CC)COP(=O)(O)OC1[C@H](O)[C@H](O)C(O)[C@H](O)[C@H]1O. The van der Waals surface area contributed by atoms with Gasteiger partial charge in [-0.25, -0.2) is 4.57 Å². The molecule has 1 fully saturated rings. The number of hydrogen-bond acceptors (Lipinski definition) is 14. The molecular formula is C53H81O15P. The van der Waals surface area contributed by atoms with Crippen molar-refractivity contribution in [3.05, 3.63) is 134 Å². The van der Waals surface area contributed by atoms with Crippen LogP contribution in [0.1, 0.15) is 117 Å². The molecule has 0 aromatic rings. The van der Waals surface area contributed by atoms with Crippen molar-refractivity contribution in [1.82, 2.24) is 0 Å². The normalized spacial score (nSPS) is 23.0. The first-order chi connectivity index (χ1) is 33.2. The van der Waals surface area contributed by atoms with Crippen LogP contribution >= 0.6 is 7.82 Å². The van der Waals surface area contributed by atoms with Crippen molar-refractivity contribution in [2.75, 3.05) is 13.2 Å². The molecule has 3 unspecified atom stereocenters. The first-order valence-electron chi connectivity index (χ1n) is 24.2. The molecule has 0 aromatic carbocycles. The molecule has 0 bridgehead atoms. The Labute approximate surface area is 410 Å². The van der Waals surface area contributed by atoms with E-state index in [1.165, 1.54) is 0 Å². The van der Waals surface area contributed by atoms with Crippen molar-refractivity contribution < 1.29 is 73.3 Å². The van der Waals surface area contributed by atoms with E-state index in [9.17, 15) is 54.8 Å². The van der Waals surface area contributed by atoms with Crippen molar-refractivity contribution >= 4 is 19.8 Å². The zero-order valence-corrected chi connectivity index (χ0v) is 41.4. The number of allylic oxidation sites excluding steroid dienone is 18. The van der Waals surface area contributed by atoms with Crippen molar-refractivity contribution in [3.63, 3.8) is 0 Å². The fraction of sp³-hybridized carbons (Fsp3) is 0.547. The molecule has 1 saturated carbocycles. The number of carbonyl (C=O) groups is 2. The number of ether oxygens (including phenoxy) is 2. The van der Waals surface area contributed by atoms with Gasteiger partial charge in [0.2, 0.25) is 0 Å². The van der Waals surface area contributed by atoms with Gasteiger partial charge in [-0.15, -0.1) is 0 Å². The molecule has 388 valence electrons. The lowest BCUT2D eigenvalue weighted by Crippen LogP contribution is -2.64. The van der Waals surface area contributed by atoms with Gasteiger partial charge in [-0.2, -0.15) is 0 Å². The standard InChI is InChI=1S/C53H81O15P/c1-3-5-7-8-9-10-11-12-13-14-15-16-17-18-19-20-24-27-33-40-47(57)67-45(42-66-69(63,64)68-53-51(61)49(59)48(58)50(60)52(53)62)41-65-46(56)39-34-28-32-38-44(55)37-31-26-23-21-22-25-30-36-43(54)35-29-6-4-2/h5-7,9-10,12-13,15-16,18-19,22-23,25-26,29-32,36-38,43-45,48-55,58-62H,3-4,8,11,14,17,20-21,24,27-28,33-35,39-42H2,1-2H3,(H,63,64)/b7-5-,10-9-,13-12-,16-15-,19-18-,25-22-,26-23-,29-6-,36-30+,37-31+,38-32-/t43-,44-,45-,48?,49-,50+,51-,52-,53?/m1/s1. The first-order valence-corrected chi connectivity index (χ1v) is 25.7. The highest BCUT2D eigenvalue weighted by atomic mass is 31.2. The molecule has 0 aromatic heterocycles. The lowest BCUT2D eigenvalue weighted by molar-refractivity contribution is -0.220. The van der Waals surface area contributed by atoms with Gasteiger partial charge in [0, 0.05) is 12.8 Å². The summed E-state index contributed by atoms with van der Waals surface area (Å²) in [6.45, 7) is 2.79. The van der Waals surface area contributed by atoms with E-state index in [0.717, 1.165) is 57.8 Å². The second-order valence-corrected chi connectivity index (χ2v) is 17.7. The Morgan fingerprint density at radius 1 is 0.536 bits per heavy atom. The largest absolute Gasteiger partial charge is 0.472 e. The molecule has 16 heteroatoms. The highest BCUT2D eigenvalue weighted by molar-refractivity contribution is 7.47. The molecule has 15 nitrogen and oxygen atoms in total. The lowest BCUT2D eigenvalue weighted by atomic mass is 9.85. The Balaban J connectivity index is 2.58. The van der Waals surface area contributed by atoms with Crippen LogP contribution in [-0.2, 0) is 32.7 Å². The van der Waals surface area contributed by atoms with Crippen molar-refractivity contribution in [2.45, 2.75) is 172 Å². The number of phosphoric acid groups is 1. The Kier molecular flexibility index (Phi) is 37.0. The maximum absolute atomic E-state index is 12.8. The summed E-state index contributed by atoms with van der Waals surface area (Å²) >= 11 is 0. The molecule has 1 aliphatic rings. The molecule has 1 aliphatic carbocycles. The van der Waals surface area contributed by atoms with Crippen LogP contribution in [0.4, 0.5) is 0 Å². The van der Waals surface area contributed by atoms with Crippen LogP contribution < -0.4 is 0 Å². The van der Waals surface area contributed by atoms with Crippen LogP contribution in [-0.4, -0.2) is 121 Å². The average Bonchev–Trinajstić information content (AvgIpc) is 3.32. The van der Waals surface area contributed by atoms with E-state index >= 15 is 0 Å². The van der Waals surface area contributed by atoms with Crippen LogP contribution in [0.15, 0.2) is 134 Å². The molecule has 0 heterocycles. The molecule has 0 saturated heterocycles. The maximum Gasteiger partial charge on any atom is 0.472 e. The molecule has 0 aliphatic heterocycles. The molecule has 1 rings (SSSR count). The third-order valence-electron chi connectivity index (χ3n) is 10.2. The molecule has 69 heavy (non-hydrogen) atoms. The predicted molar refractivity (Wildman–Crippen MR) is 269 cm³/mol. The van der Waals surface area contributed by atoms with E-state index in [4.69, 9.17) is 18.5 Å². The molecular weight excluding hydrogens is 908 g/mol. The maximum atomic E-state index is 12.8. The van der Waals surface area contributed by atoms with E-state index in [2.05, 4.69) is 67.7 Å². The highest BCUT2D eigenvalue weighted by Crippen LogP contribution is 2.47. The van der Waals surface area contributed by atoms with E-state index < -0.39 is 87.9 Å². The lowest BCUT2D eigenvalue weighted by Gasteiger charge is -2.41. The van der Waals surface area contributed by atoms with Gasteiger partial charge in [-0.1, -0.05) is 154 Å². The minimum atomic E-state index is -5.19. The summed E-state index contributed by atoms with van der Waals surface area (Å²) in [6, 6.07) is 0. The Morgan fingerprint density at radius 2 is 1.04 bits per heavy atom. The summed E-state index contributed by atoms with van der Waals surface area (Å²) in [5.41, 5.74) is 0. The minimum Gasteiger partial charge on any atom is -0.462 e. The first kappa shape index (κ1) is 62.9. The molecule has 8 N–H and O–H groups in total. The topological polar surface area (TPSA) is 250 Å². The summed E-state index contributed by atoms with van der Waals surface area (Å²) in [6.07, 6.45) is 38.4. The summed E-state index contributed by atoms with van der Waals surface area (Å²) in [4.78, 5) is 35.8. The second kappa shape index (κ2) is 40.6. The van der Waals surface area contributed by atoms with Gasteiger partial charge in [-0.3, -0.25) is 18.6 Å². The number of rotatable bonds is 37. The van der Waals surface area contributed by atoms with Gasteiger partial charge in [0.1, 0.15) is 43.2 Å². The van der Waals surface area contributed by atoms with Gasteiger partial charge in [0.05, 0.1) is 18.8 Å². The van der Waals surface area contributed by atoms with E-state index in [1.54, 1.807) is 42.5 Å². The van der Waals surface area contributed by atoms with Crippen molar-refractivity contribution in [1.29, 1.82) is 0 Å². The fourth-order valence-electron chi connectivity index (χ4n) is 6.29. The quantitative estimate of drug-likeness (QED) is 0.00969. The number of esters is 2. The number of unbranched alkanes of at least 4 members (excludes halogenated alkanes) is 4. The number of hydrogen-bond donors (Lipinski definition) is 8. The summed E-state index contributed by atoms with van der Waals surface area (Å²) < 4.78 is 33.4. The Bertz CT molecular complexity index is 1740. The molecule has 0 spiro atoms. The summed E-state index contributed by atoms with van der Waals surface area (Å²) in [5.74, 6) is -1.34. The van der Waals surface area contributed by atoms with Crippen LogP contribution in [0.25, 0.3) is 0 Å². The number of aliphatic hydroxyl groups is 7. The zero-order valence-electron chi connectivity index (χ0n) is 40.5. The van der Waals surface area contributed by atoms with Crippen molar-refractivity contribution in [3.8, 4) is 0 Å². The van der Waals surface area contributed by atoms with Gasteiger partial charge in [-0.05, 0) is 83.5 Å². The predicted octanol–water partition coefficient (Wildman–Crippen LogP) is 7.88. The summed E-state index contributed by atoms with van der Waals surface area (Å²) in [7, 11) is -5.19. The van der Waals surface area contributed by atoms with Gasteiger partial charge in [0.25, 0.3) is 0 Å². The average molecular weight is 989 g/mol. The minimum absolute atomic E-state index is 0.00499. The highest BCUT2D eigenvalue weighted by Gasteiger charge is 2.51. The van der Waals surface area contributed by atoms with E-state index in [0.29, 0.717) is 32.1 Å². The van der Waals surface area contributed by atoms with E-state index in [-0.39, 0.29) is 12.8 Å². The number of phosphoric ester groups is 1. The molecule has 10 atom stereocenters. The molecule has 0 radical (unpaired) electrons. The Morgan fingerprint density at radius 3 is 1.65 bits per heavy atom. The van der Waals surface area contributed by atoms with Crippen LogP contribution in [0, 0.1) is 0 Å². The van der Waals surface area contributed by atoms with Crippen LogP contribution in [0.2, 0.25) is 0 Å². The van der Waals surface area contributed by atoms with Crippen LogP contribution in [0.3, 0.4) is 0 Å². The number of aliphatic hydroxyl groups excluding tert-OH is 7. The van der Waals surface area contributed by atoms with Gasteiger partial charge in [0.15, 0.2) is 6.10 Å². The fourth-order valence-corrected chi connectivity index (χ4v) is 7.26.